The second kappa shape index (κ2) is 3.88. The molecule has 0 heterocycles. The van der Waals surface area contributed by atoms with E-state index in [-0.39, 0.29) is 4.90 Å². The quantitative estimate of drug-likeness (QED) is 0.762. The molecule has 0 amide bonds. The normalized spacial score (nSPS) is 11.1. The van der Waals surface area contributed by atoms with E-state index in [1.165, 1.54) is 32.4 Å². The number of sulfone groups is 1. The fourth-order valence-electron chi connectivity index (χ4n) is 1.01. The van der Waals surface area contributed by atoms with Gasteiger partial charge in [0.15, 0.2) is 21.3 Å². The topological polar surface area (TPSA) is 52.6 Å². The minimum atomic E-state index is -3.45. The first-order chi connectivity index (χ1) is 6.49. The van der Waals surface area contributed by atoms with Gasteiger partial charge in [0, 0.05) is 6.07 Å². The zero-order valence-corrected chi connectivity index (χ0v) is 8.80. The summed E-state index contributed by atoms with van der Waals surface area (Å²) < 4.78 is 32.1. The first-order valence-corrected chi connectivity index (χ1v) is 5.44. The molecular formula is C9H11O4S. The highest BCUT2D eigenvalue weighted by Crippen LogP contribution is 2.29. The molecule has 0 unspecified atom stereocenters. The monoisotopic (exact) mass is 215 g/mol. The van der Waals surface area contributed by atoms with Crippen molar-refractivity contribution in [3.63, 3.8) is 0 Å². The Hall–Kier alpha value is -1.23. The van der Waals surface area contributed by atoms with Crippen LogP contribution in [-0.2, 0) is 9.84 Å². The molecule has 0 aromatic heterocycles. The summed E-state index contributed by atoms with van der Waals surface area (Å²) in [6, 6.07) is 4.32. The Morgan fingerprint density at radius 1 is 1.14 bits per heavy atom. The van der Waals surface area contributed by atoms with Crippen molar-refractivity contribution in [3.05, 3.63) is 24.5 Å². The standard InChI is InChI=1S/C9H11O4S/c1-12-8-5-4-7(14(3,10)11)6-9(8)13-2/h4-6H,3H2,1-2H3. The summed E-state index contributed by atoms with van der Waals surface area (Å²) in [5, 5.41) is 0. The molecule has 0 spiro atoms. The van der Waals surface area contributed by atoms with E-state index in [1.54, 1.807) is 0 Å². The maximum absolute atomic E-state index is 11.1. The molecule has 0 saturated carbocycles. The first kappa shape index (κ1) is 10.8. The van der Waals surface area contributed by atoms with E-state index in [9.17, 15) is 8.42 Å². The van der Waals surface area contributed by atoms with Crippen molar-refractivity contribution in [2.75, 3.05) is 14.2 Å². The average molecular weight is 215 g/mol. The minimum absolute atomic E-state index is 0.107. The van der Waals surface area contributed by atoms with Crippen molar-refractivity contribution >= 4 is 9.84 Å². The van der Waals surface area contributed by atoms with E-state index in [1.807, 2.05) is 0 Å². The van der Waals surface area contributed by atoms with Gasteiger partial charge < -0.3 is 9.47 Å². The third-order valence-electron chi connectivity index (χ3n) is 1.71. The summed E-state index contributed by atoms with van der Waals surface area (Å²) >= 11 is 0. The Bertz CT molecular complexity index is 422. The molecule has 0 N–H and O–H groups in total. The lowest BCUT2D eigenvalue weighted by Crippen LogP contribution is -1.97. The molecule has 0 fully saturated rings. The van der Waals surface area contributed by atoms with E-state index in [0.29, 0.717) is 11.5 Å². The van der Waals surface area contributed by atoms with Crippen LogP contribution in [0.5, 0.6) is 11.5 Å². The summed E-state index contributed by atoms with van der Waals surface area (Å²) in [7, 11) is -0.522. The summed E-state index contributed by atoms with van der Waals surface area (Å²) in [6.45, 7) is 0. The predicted molar refractivity (Wildman–Crippen MR) is 52.1 cm³/mol. The lowest BCUT2D eigenvalue weighted by Gasteiger charge is -2.08. The molecular weight excluding hydrogens is 204 g/mol. The molecule has 1 rings (SSSR count). The van der Waals surface area contributed by atoms with Gasteiger partial charge in [-0.15, -0.1) is 0 Å². The van der Waals surface area contributed by atoms with E-state index >= 15 is 0 Å². The van der Waals surface area contributed by atoms with Gasteiger partial charge >= 0.3 is 0 Å². The van der Waals surface area contributed by atoms with Crippen molar-refractivity contribution < 1.29 is 17.9 Å². The van der Waals surface area contributed by atoms with Gasteiger partial charge in [-0.05, 0) is 12.1 Å². The highest BCUT2D eigenvalue weighted by molar-refractivity contribution is 7.92. The van der Waals surface area contributed by atoms with Crippen LogP contribution >= 0.6 is 0 Å². The fraction of sp³-hybridized carbons (Fsp3) is 0.222. The minimum Gasteiger partial charge on any atom is -0.493 e. The number of methoxy groups -OCH3 is 2. The predicted octanol–water partition coefficient (Wildman–Crippen LogP) is 1.27. The Labute approximate surface area is 83.4 Å². The van der Waals surface area contributed by atoms with Gasteiger partial charge in [-0.1, -0.05) is 0 Å². The molecule has 0 saturated heterocycles. The number of rotatable bonds is 3. The SMILES string of the molecule is [CH2]S(=O)(=O)c1ccc(OC)c(OC)c1. The van der Waals surface area contributed by atoms with Gasteiger partial charge in [0.05, 0.1) is 25.4 Å². The highest BCUT2D eigenvalue weighted by Gasteiger charge is 2.11. The molecule has 1 aromatic rings. The van der Waals surface area contributed by atoms with Crippen LogP contribution in [0.4, 0.5) is 0 Å². The van der Waals surface area contributed by atoms with Crippen LogP contribution < -0.4 is 9.47 Å². The maximum atomic E-state index is 11.1. The van der Waals surface area contributed by atoms with Crippen LogP contribution in [0.25, 0.3) is 0 Å². The second-order valence-electron chi connectivity index (χ2n) is 2.63. The molecule has 1 aromatic carbocycles. The molecule has 5 heteroatoms. The number of benzene rings is 1. The number of hydrogen-bond acceptors (Lipinski definition) is 4. The maximum Gasteiger partial charge on any atom is 0.179 e. The van der Waals surface area contributed by atoms with E-state index in [0.717, 1.165) is 0 Å². The smallest absolute Gasteiger partial charge is 0.179 e. The Kier molecular flexibility index (Phi) is 3.00. The van der Waals surface area contributed by atoms with Gasteiger partial charge in [0.1, 0.15) is 0 Å². The molecule has 77 valence electrons. The van der Waals surface area contributed by atoms with Crippen molar-refractivity contribution in [3.8, 4) is 11.5 Å². The summed E-state index contributed by atoms with van der Waals surface area (Å²) in [5.74, 6) is 0.858. The van der Waals surface area contributed by atoms with E-state index in [2.05, 4.69) is 6.26 Å². The average Bonchev–Trinajstić information content (AvgIpc) is 2.15. The van der Waals surface area contributed by atoms with Crippen LogP contribution in [-0.4, -0.2) is 22.6 Å². The molecule has 0 bridgehead atoms. The lowest BCUT2D eigenvalue weighted by atomic mass is 10.3. The first-order valence-electron chi connectivity index (χ1n) is 3.79. The van der Waals surface area contributed by atoms with Crippen molar-refractivity contribution in [2.45, 2.75) is 4.90 Å². The van der Waals surface area contributed by atoms with Gasteiger partial charge in [0.2, 0.25) is 0 Å². The van der Waals surface area contributed by atoms with Crippen LogP contribution in [0, 0.1) is 6.26 Å². The van der Waals surface area contributed by atoms with Crippen molar-refractivity contribution in [2.24, 2.45) is 0 Å². The largest absolute Gasteiger partial charge is 0.493 e. The Balaban J connectivity index is 3.28. The van der Waals surface area contributed by atoms with Crippen LogP contribution in [0.1, 0.15) is 0 Å². The molecule has 4 nitrogen and oxygen atoms in total. The van der Waals surface area contributed by atoms with Gasteiger partial charge in [-0.3, -0.25) is 0 Å². The molecule has 0 aliphatic rings. The summed E-state index contributed by atoms with van der Waals surface area (Å²) in [6.07, 6.45) is 3.05. The highest BCUT2D eigenvalue weighted by atomic mass is 32.2. The second-order valence-corrected chi connectivity index (χ2v) is 4.33. The third-order valence-corrected chi connectivity index (χ3v) is 2.69. The molecule has 0 atom stereocenters. The van der Waals surface area contributed by atoms with Crippen molar-refractivity contribution in [1.82, 2.24) is 0 Å². The molecule has 1 radical (unpaired) electrons. The van der Waals surface area contributed by atoms with Crippen LogP contribution in [0.2, 0.25) is 0 Å². The van der Waals surface area contributed by atoms with Crippen LogP contribution in [0.3, 0.4) is 0 Å². The molecule has 14 heavy (non-hydrogen) atoms. The number of ether oxygens (including phenoxy) is 2. The van der Waals surface area contributed by atoms with E-state index in [4.69, 9.17) is 9.47 Å². The zero-order chi connectivity index (χ0) is 10.8. The Morgan fingerprint density at radius 2 is 1.71 bits per heavy atom. The summed E-state index contributed by atoms with van der Waals surface area (Å²) in [5.41, 5.74) is 0. The van der Waals surface area contributed by atoms with Gasteiger partial charge in [0.25, 0.3) is 0 Å². The molecule has 0 aliphatic carbocycles. The van der Waals surface area contributed by atoms with Crippen molar-refractivity contribution in [1.29, 1.82) is 0 Å². The molecule has 0 aliphatic heterocycles. The van der Waals surface area contributed by atoms with E-state index < -0.39 is 9.84 Å². The lowest BCUT2D eigenvalue weighted by molar-refractivity contribution is 0.354. The zero-order valence-electron chi connectivity index (χ0n) is 7.98. The Morgan fingerprint density at radius 3 is 2.14 bits per heavy atom. The third kappa shape index (κ3) is 2.17. The van der Waals surface area contributed by atoms with Gasteiger partial charge in [-0.25, -0.2) is 8.42 Å². The van der Waals surface area contributed by atoms with Crippen LogP contribution in [0.15, 0.2) is 23.1 Å². The van der Waals surface area contributed by atoms with Gasteiger partial charge in [-0.2, -0.15) is 0 Å². The summed E-state index contributed by atoms with van der Waals surface area (Å²) in [4.78, 5) is 0.107. The number of hydrogen-bond donors (Lipinski definition) is 0. The fourth-order valence-corrected chi connectivity index (χ4v) is 1.57.